The van der Waals surface area contributed by atoms with Gasteiger partial charge in [-0.3, -0.25) is 18.9 Å². The molecule has 1 aliphatic heterocycles. The zero-order valence-corrected chi connectivity index (χ0v) is 25.3. The number of nitrogens with zero attached hydrogens (tertiary/aromatic N) is 8. The third-order valence-corrected chi connectivity index (χ3v) is 8.40. The van der Waals surface area contributed by atoms with E-state index in [9.17, 15) is 22.8 Å². The Morgan fingerprint density at radius 1 is 0.830 bits per heavy atom. The van der Waals surface area contributed by atoms with Gasteiger partial charge in [-0.1, -0.05) is 6.07 Å². The number of imidazole rings is 1. The monoisotopic (exact) mass is 640 g/mol. The number of anilines is 2. The van der Waals surface area contributed by atoms with Crippen LogP contribution in [0.4, 0.5) is 24.8 Å². The number of halogens is 3. The average molecular weight is 641 g/mol. The molecule has 0 saturated carbocycles. The summed E-state index contributed by atoms with van der Waals surface area (Å²) in [6, 6.07) is 13.1. The van der Waals surface area contributed by atoms with Crippen molar-refractivity contribution in [3.63, 3.8) is 0 Å². The first-order valence-corrected chi connectivity index (χ1v) is 14.7. The Morgan fingerprint density at radius 3 is 2.21 bits per heavy atom. The van der Waals surface area contributed by atoms with Gasteiger partial charge >= 0.3 is 11.9 Å². The van der Waals surface area contributed by atoms with Gasteiger partial charge in [0.25, 0.3) is 0 Å². The molecule has 0 spiro atoms. The highest BCUT2D eigenvalue weighted by molar-refractivity contribution is 6.04. The molecular formula is C33H27F3N8O3. The van der Waals surface area contributed by atoms with Crippen molar-refractivity contribution in [2.45, 2.75) is 6.18 Å². The summed E-state index contributed by atoms with van der Waals surface area (Å²) in [7, 11) is 3.10. The van der Waals surface area contributed by atoms with Crippen LogP contribution in [0.2, 0.25) is 0 Å². The number of fused-ring (bicyclic) bond motifs is 3. The van der Waals surface area contributed by atoms with Gasteiger partial charge in [0.05, 0.1) is 46.7 Å². The quantitative estimate of drug-likeness (QED) is 0.235. The zero-order chi connectivity index (χ0) is 32.9. The van der Waals surface area contributed by atoms with Gasteiger partial charge in [-0.25, -0.2) is 19.7 Å². The third-order valence-electron chi connectivity index (χ3n) is 8.40. The minimum Gasteiger partial charge on any atom is -0.481 e. The summed E-state index contributed by atoms with van der Waals surface area (Å²) < 4.78 is 51.9. The maximum atomic E-state index is 14.7. The summed E-state index contributed by atoms with van der Waals surface area (Å²) in [6.45, 7) is 1.34. The second kappa shape index (κ2) is 11.5. The van der Waals surface area contributed by atoms with Gasteiger partial charge in [0.1, 0.15) is 0 Å². The first-order chi connectivity index (χ1) is 22.7. The Kier molecular flexibility index (Phi) is 7.34. The van der Waals surface area contributed by atoms with E-state index in [0.717, 1.165) is 17.2 Å². The fourth-order valence-corrected chi connectivity index (χ4v) is 5.96. The number of pyridine rings is 2. The number of carbonyl (C=O) groups is 1. The lowest BCUT2D eigenvalue weighted by atomic mass is 10.0. The lowest BCUT2D eigenvalue weighted by Crippen LogP contribution is -2.47. The summed E-state index contributed by atoms with van der Waals surface area (Å²) in [4.78, 5) is 45.3. The van der Waals surface area contributed by atoms with Crippen LogP contribution in [0, 0.1) is 0 Å². The lowest BCUT2D eigenvalue weighted by Gasteiger charge is -2.37. The summed E-state index contributed by atoms with van der Waals surface area (Å²) in [5, 5.41) is 0.602. The summed E-state index contributed by atoms with van der Waals surface area (Å²) >= 11 is 0. The van der Waals surface area contributed by atoms with Crippen LogP contribution in [0.1, 0.15) is 15.9 Å². The molecule has 5 heterocycles. The molecule has 4 aromatic heterocycles. The topological polar surface area (TPSA) is 111 Å². The minimum atomic E-state index is -4.69. The minimum absolute atomic E-state index is 0.0206. The largest absolute Gasteiger partial charge is 0.481 e. The first-order valence-electron chi connectivity index (χ1n) is 14.7. The van der Waals surface area contributed by atoms with E-state index in [4.69, 9.17) is 4.74 Å². The Balaban J connectivity index is 1.29. The Morgan fingerprint density at radius 2 is 1.55 bits per heavy atom. The molecule has 14 heteroatoms. The van der Waals surface area contributed by atoms with E-state index < -0.39 is 17.4 Å². The molecule has 11 nitrogen and oxygen atoms in total. The molecule has 0 N–H and O–H groups in total. The van der Waals surface area contributed by atoms with Crippen LogP contribution in [0.25, 0.3) is 38.8 Å². The first kappa shape index (κ1) is 29.9. The Hall–Kier alpha value is -5.79. The second-order valence-electron chi connectivity index (χ2n) is 11.1. The van der Waals surface area contributed by atoms with E-state index in [2.05, 4.69) is 19.9 Å². The van der Waals surface area contributed by atoms with Crippen molar-refractivity contribution >= 4 is 39.9 Å². The number of aldehydes is 1. The highest BCUT2D eigenvalue weighted by atomic mass is 19.4. The molecule has 0 bridgehead atoms. The van der Waals surface area contributed by atoms with E-state index in [1.165, 1.54) is 34.7 Å². The van der Waals surface area contributed by atoms with Gasteiger partial charge in [-0.05, 0) is 42.0 Å². The fourth-order valence-electron chi connectivity index (χ4n) is 5.96. The molecule has 1 fully saturated rings. The smallest absolute Gasteiger partial charge is 0.418 e. The van der Waals surface area contributed by atoms with Gasteiger partial charge in [-0.2, -0.15) is 13.2 Å². The molecule has 1 aliphatic rings. The number of ether oxygens (including phenoxy) is 1. The molecule has 0 unspecified atom stereocenters. The number of hydrogen-bond acceptors (Lipinski definition) is 9. The van der Waals surface area contributed by atoms with Crippen molar-refractivity contribution in [2.24, 2.45) is 7.05 Å². The van der Waals surface area contributed by atoms with Crippen molar-refractivity contribution in [1.82, 2.24) is 29.1 Å². The van der Waals surface area contributed by atoms with Gasteiger partial charge in [0, 0.05) is 74.5 Å². The Labute approximate surface area is 265 Å². The number of piperazine rings is 1. The number of aromatic nitrogens is 6. The van der Waals surface area contributed by atoms with Crippen LogP contribution in [-0.2, 0) is 13.2 Å². The Bertz CT molecular complexity index is 2190. The molecule has 2 aromatic carbocycles. The van der Waals surface area contributed by atoms with Crippen LogP contribution in [0.15, 0.2) is 78.1 Å². The normalized spacial score (nSPS) is 13.8. The van der Waals surface area contributed by atoms with Gasteiger partial charge in [0.2, 0.25) is 11.8 Å². The molecule has 0 atom stereocenters. The van der Waals surface area contributed by atoms with Crippen LogP contribution in [0.3, 0.4) is 0 Å². The van der Waals surface area contributed by atoms with Crippen LogP contribution in [-0.4, -0.2) is 68.6 Å². The van der Waals surface area contributed by atoms with Crippen molar-refractivity contribution in [3.8, 4) is 22.7 Å². The summed E-state index contributed by atoms with van der Waals surface area (Å²) in [5.41, 5.74) is 2.19. The summed E-state index contributed by atoms with van der Waals surface area (Å²) in [5.74, 6) is 0.866. The van der Waals surface area contributed by atoms with Crippen molar-refractivity contribution in [3.05, 3.63) is 94.9 Å². The van der Waals surface area contributed by atoms with E-state index >= 15 is 0 Å². The number of carbonyl (C=O) groups excluding carboxylic acids is 1. The second-order valence-corrected chi connectivity index (χ2v) is 11.1. The van der Waals surface area contributed by atoms with Gasteiger partial charge < -0.3 is 14.5 Å². The van der Waals surface area contributed by atoms with Crippen LogP contribution < -0.4 is 20.2 Å². The maximum absolute atomic E-state index is 14.7. The molecule has 1 saturated heterocycles. The van der Waals surface area contributed by atoms with Crippen molar-refractivity contribution < 1.29 is 22.7 Å². The van der Waals surface area contributed by atoms with Gasteiger partial charge in [-0.15, -0.1) is 0 Å². The molecule has 6 aromatic rings. The fraction of sp³-hybridized carbons (Fsp3) is 0.212. The van der Waals surface area contributed by atoms with Crippen LogP contribution in [0.5, 0.6) is 5.88 Å². The van der Waals surface area contributed by atoms with E-state index in [1.54, 1.807) is 36.5 Å². The van der Waals surface area contributed by atoms with Crippen molar-refractivity contribution in [2.75, 3.05) is 43.1 Å². The standard InChI is InChI=1S/C33H27F3N8O3/c1-41-28-18-37-26-6-3-21(22-4-8-29(47-2)38-17-22)13-24(26)30(28)44(32(41)46)23-5-7-27(25(14-23)33(34,35)36)42-9-11-43(12-10-42)31-39-15-20(19-45)16-40-31/h3-8,13-19H,9-12H2,1-2H3. The predicted octanol–water partition coefficient (Wildman–Crippen LogP) is 4.90. The molecule has 47 heavy (non-hydrogen) atoms. The lowest BCUT2D eigenvalue weighted by molar-refractivity contribution is -0.137. The molecular weight excluding hydrogens is 613 g/mol. The van der Waals surface area contributed by atoms with Crippen LogP contribution >= 0.6 is 0 Å². The molecule has 238 valence electrons. The number of aryl methyl sites for hydroxylation is 1. The number of hydrogen-bond donors (Lipinski definition) is 0. The van der Waals surface area contributed by atoms with Gasteiger partial charge in [0.15, 0.2) is 6.29 Å². The van der Waals surface area contributed by atoms with E-state index in [-0.39, 0.29) is 24.5 Å². The summed E-state index contributed by atoms with van der Waals surface area (Å²) in [6.07, 6.45) is 1.99. The maximum Gasteiger partial charge on any atom is 0.418 e. The molecule has 0 aliphatic carbocycles. The highest BCUT2D eigenvalue weighted by Crippen LogP contribution is 2.39. The van der Waals surface area contributed by atoms with E-state index in [0.29, 0.717) is 58.7 Å². The number of methoxy groups -OCH3 is 1. The number of alkyl halides is 3. The predicted molar refractivity (Wildman–Crippen MR) is 170 cm³/mol. The number of benzene rings is 2. The average Bonchev–Trinajstić information content (AvgIpc) is 3.36. The highest BCUT2D eigenvalue weighted by Gasteiger charge is 2.36. The SMILES string of the molecule is COc1ccc(-c2ccc3ncc4c(c3c2)n(-c2ccc(N3CCN(c5ncc(C=O)cn5)CC3)c(C(F)(F)F)c2)c(=O)n4C)cn1. The third kappa shape index (κ3) is 5.30. The van der Waals surface area contributed by atoms with E-state index in [1.807, 2.05) is 29.2 Å². The van der Waals surface area contributed by atoms with Crippen molar-refractivity contribution in [1.29, 1.82) is 0 Å². The molecule has 0 radical (unpaired) electrons. The molecule has 7 rings (SSSR count). The molecule has 0 amide bonds. The number of rotatable bonds is 6. The zero-order valence-electron chi connectivity index (χ0n) is 25.3.